The van der Waals surface area contributed by atoms with Gasteiger partial charge in [-0.15, -0.1) is 0 Å². The highest BCUT2D eigenvalue weighted by molar-refractivity contribution is 5.98. The molecule has 1 N–H and O–H groups in total. The molecule has 0 radical (unpaired) electrons. The molecule has 0 aromatic heterocycles. The van der Waals surface area contributed by atoms with Gasteiger partial charge in [-0.05, 0) is 70.8 Å². The lowest BCUT2D eigenvalue weighted by Crippen LogP contribution is -2.48. The largest absolute Gasteiger partial charge is 0.468 e. The van der Waals surface area contributed by atoms with Gasteiger partial charge in [0.1, 0.15) is 17.5 Å². The van der Waals surface area contributed by atoms with Crippen LogP contribution in [-0.4, -0.2) is 67.8 Å². The van der Waals surface area contributed by atoms with Gasteiger partial charge >= 0.3 is 5.97 Å². The molecule has 2 aromatic rings. The van der Waals surface area contributed by atoms with Crippen LogP contribution in [0.15, 0.2) is 64.8 Å². The molecule has 9 heteroatoms. The first-order chi connectivity index (χ1) is 19.7. The first kappa shape index (κ1) is 30.4. The topological polar surface area (TPSA) is 74.2 Å². The molecule has 2 aliphatic heterocycles. The van der Waals surface area contributed by atoms with E-state index in [1.807, 2.05) is 42.2 Å². The standard InChI is InChI=1S/C32H40F2N4O3/c1-22-28(30(39)35-3)29(26-14-13-25(33)21-27(26)34)38(23(2)36-22)18-10-6-9-17-37-19-15-32(16-20-37,31(40)41-4)24-11-7-5-8-12-24/h5,7-8,11-14,21,29H,6,9-10,15-20H2,1-4H3,(H,35,39). The highest BCUT2D eigenvalue weighted by atomic mass is 19.1. The molecule has 0 saturated carbocycles. The van der Waals surface area contributed by atoms with Crippen LogP contribution in [0.1, 0.15) is 63.1 Å². The number of rotatable bonds is 10. The van der Waals surface area contributed by atoms with E-state index >= 15 is 0 Å². The van der Waals surface area contributed by atoms with Gasteiger partial charge < -0.3 is 19.9 Å². The van der Waals surface area contributed by atoms with Crippen molar-refractivity contribution in [3.05, 3.63) is 82.6 Å². The van der Waals surface area contributed by atoms with Crippen LogP contribution in [0.4, 0.5) is 8.78 Å². The van der Waals surface area contributed by atoms with Crippen LogP contribution >= 0.6 is 0 Å². The van der Waals surface area contributed by atoms with Crippen molar-refractivity contribution >= 4 is 17.7 Å². The predicted octanol–water partition coefficient (Wildman–Crippen LogP) is 5.14. The van der Waals surface area contributed by atoms with Gasteiger partial charge in [-0.2, -0.15) is 0 Å². The SMILES string of the molecule is CNC(=O)C1=C(C)N=C(C)N(CCCCCN2CCC(C(=O)OC)(c3ccccc3)CC2)C1c1ccc(F)cc1F. The van der Waals surface area contributed by atoms with Crippen LogP contribution in [0.2, 0.25) is 0 Å². The molecule has 2 heterocycles. The second-order valence-electron chi connectivity index (χ2n) is 10.8. The summed E-state index contributed by atoms with van der Waals surface area (Å²) in [6.45, 7) is 6.71. The fourth-order valence-electron chi connectivity index (χ4n) is 6.18. The van der Waals surface area contributed by atoms with E-state index in [-0.39, 0.29) is 17.4 Å². The predicted molar refractivity (Wildman–Crippen MR) is 155 cm³/mol. The summed E-state index contributed by atoms with van der Waals surface area (Å²) in [6.07, 6.45) is 4.14. The number of benzene rings is 2. The Hall–Kier alpha value is -3.59. The third kappa shape index (κ3) is 6.50. The number of nitrogens with zero attached hydrogens (tertiary/aromatic N) is 3. The molecular weight excluding hydrogens is 526 g/mol. The molecule has 0 aliphatic carbocycles. The first-order valence-corrected chi connectivity index (χ1v) is 14.3. The third-order valence-electron chi connectivity index (χ3n) is 8.43. The van der Waals surface area contributed by atoms with Crippen LogP contribution in [0.5, 0.6) is 0 Å². The zero-order chi connectivity index (χ0) is 29.6. The van der Waals surface area contributed by atoms with Crippen molar-refractivity contribution in [1.82, 2.24) is 15.1 Å². The van der Waals surface area contributed by atoms with Crippen molar-refractivity contribution in [2.24, 2.45) is 4.99 Å². The summed E-state index contributed by atoms with van der Waals surface area (Å²) in [4.78, 5) is 34.6. The number of hydrogen-bond acceptors (Lipinski definition) is 6. The molecule has 41 heavy (non-hydrogen) atoms. The number of amidine groups is 1. The number of likely N-dealkylation sites (tertiary alicyclic amines) is 1. The Morgan fingerprint density at radius 3 is 2.34 bits per heavy atom. The minimum Gasteiger partial charge on any atom is -0.468 e. The van der Waals surface area contributed by atoms with Crippen LogP contribution in [0.3, 0.4) is 0 Å². The lowest BCUT2D eigenvalue weighted by atomic mass is 9.72. The number of nitrogens with one attached hydrogen (secondary N) is 1. The first-order valence-electron chi connectivity index (χ1n) is 14.3. The number of likely N-dealkylation sites (N-methyl/N-ethyl adjacent to an activating group) is 1. The summed E-state index contributed by atoms with van der Waals surface area (Å²) in [7, 11) is 2.99. The maximum absolute atomic E-state index is 15.0. The Labute approximate surface area is 241 Å². The Morgan fingerprint density at radius 1 is 1.02 bits per heavy atom. The fourth-order valence-corrected chi connectivity index (χ4v) is 6.18. The Kier molecular flexibility index (Phi) is 9.91. The van der Waals surface area contributed by atoms with E-state index < -0.39 is 23.1 Å². The molecule has 2 aromatic carbocycles. The Bertz CT molecular complexity index is 1300. The highest BCUT2D eigenvalue weighted by Crippen LogP contribution is 2.38. The number of halogens is 2. The maximum Gasteiger partial charge on any atom is 0.316 e. The average molecular weight is 567 g/mol. The number of allylic oxidation sites excluding steroid dienone is 1. The van der Waals surface area contributed by atoms with E-state index in [9.17, 15) is 18.4 Å². The van der Waals surface area contributed by atoms with Crippen molar-refractivity contribution in [2.45, 2.75) is 57.4 Å². The van der Waals surface area contributed by atoms with Crippen molar-refractivity contribution < 1.29 is 23.1 Å². The van der Waals surface area contributed by atoms with E-state index in [0.717, 1.165) is 50.5 Å². The summed E-state index contributed by atoms with van der Waals surface area (Å²) < 4.78 is 33.9. The minimum atomic E-state index is -0.695. The second kappa shape index (κ2) is 13.4. The number of carbonyl (C=O) groups excluding carboxylic acids is 2. The molecule has 1 atom stereocenters. The zero-order valence-corrected chi connectivity index (χ0v) is 24.4. The molecule has 0 spiro atoms. The van der Waals surface area contributed by atoms with E-state index in [0.29, 0.717) is 36.5 Å². The third-order valence-corrected chi connectivity index (χ3v) is 8.43. The number of esters is 1. The van der Waals surface area contributed by atoms with Gasteiger partial charge in [0.15, 0.2) is 0 Å². The normalized spacial score (nSPS) is 19.1. The van der Waals surface area contributed by atoms with Gasteiger partial charge in [0.25, 0.3) is 5.91 Å². The number of hydrogen-bond donors (Lipinski definition) is 1. The van der Waals surface area contributed by atoms with Crippen molar-refractivity contribution in [3.63, 3.8) is 0 Å². The minimum absolute atomic E-state index is 0.172. The van der Waals surface area contributed by atoms with Gasteiger partial charge in [-0.3, -0.25) is 9.59 Å². The maximum atomic E-state index is 15.0. The van der Waals surface area contributed by atoms with Gasteiger partial charge in [0.05, 0.1) is 29.8 Å². The Morgan fingerprint density at radius 2 is 1.71 bits per heavy atom. The van der Waals surface area contributed by atoms with Crippen LogP contribution < -0.4 is 5.32 Å². The molecule has 1 fully saturated rings. The van der Waals surface area contributed by atoms with Crippen LogP contribution in [0, 0.1) is 11.6 Å². The summed E-state index contributed by atoms with van der Waals surface area (Å²) in [6, 6.07) is 12.7. The molecule has 1 saturated heterocycles. The van der Waals surface area contributed by atoms with E-state index in [2.05, 4.69) is 15.2 Å². The number of unbranched alkanes of at least 4 members (excludes halogenated alkanes) is 2. The molecular formula is C32H40F2N4O3. The molecule has 220 valence electrons. The molecule has 7 nitrogen and oxygen atoms in total. The lowest BCUT2D eigenvalue weighted by molar-refractivity contribution is -0.149. The molecule has 0 bridgehead atoms. The molecule has 1 amide bonds. The number of amides is 1. The van der Waals surface area contributed by atoms with Gasteiger partial charge in [0, 0.05) is 25.2 Å². The highest BCUT2D eigenvalue weighted by Gasteiger charge is 2.43. The quantitative estimate of drug-likeness (QED) is 0.319. The number of carbonyl (C=O) groups is 2. The molecule has 1 unspecified atom stereocenters. The van der Waals surface area contributed by atoms with Crippen molar-refractivity contribution in [1.29, 1.82) is 0 Å². The summed E-state index contributed by atoms with van der Waals surface area (Å²) in [5.41, 5.74) is 1.55. The zero-order valence-electron chi connectivity index (χ0n) is 24.4. The number of methoxy groups -OCH3 is 1. The van der Waals surface area contributed by atoms with Crippen molar-refractivity contribution in [2.75, 3.05) is 40.3 Å². The van der Waals surface area contributed by atoms with Crippen LogP contribution in [0.25, 0.3) is 0 Å². The summed E-state index contributed by atoms with van der Waals surface area (Å²) in [5.74, 6) is -1.16. The number of ether oxygens (including phenoxy) is 1. The summed E-state index contributed by atoms with van der Waals surface area (Å²) in [5, 5.41) is 2.65. The molecule has 2 aliphatic rings. The average Bonchev–Trinajstić information content (AvgIpc) is 2.98. The monoisotopic (exact) mass is 566 g/mol. The van der Waals surface area contributed by atoms with Crippen LogP contribution in [-0.2, 0) is 19.7 Å². The van der Waals surface area contributed by atoms with Crippen molar-refractivity contribution in [3.8, 4) is 0 Å². The van der Waals surface area contributed by atoms with Gasteiger partial charge in [-0.25, -0.2) is 13.8 Å². The molecule has 4 rings (SSSR count). The van der Waals surface area contributed by atoms with Gasteiger partial charge in [0.2, 0.25) is 0 Å². The fraction of sp³-hybridized carbons (Fsp3) is 0.469. The second-order valence-corrected chi connectivity index (χ2v) is 10.8. The van der Waals surface area contributed by atoms with E-state index in [1.165, 1.54) is 26.3 Å². The van der Waals surface area contributed by atoms with Gasteiger partial charge in [-0.1, -0.05) is 42.8 Å². The van der Waals surface area contributed by atoms with E-state index in [1.54, 1.807) is 6.92 Å². The number of aliphatic imine (C=N–C) groups is 1. The summed E-state index contributed by atoms with van der Waals surface area (Å²) >= 11 is 0. The number of piperidine rings is 1. The lowest BCUT2D eigenvalue weighted by Gasteiger charge is -2.40. The smallest absolute Gasteiger partial charge is 0.316 e. The Balaban J connectivity index is 1.37. The van der Waals surface area contributed by atoms with E-state index in [4.69, 9.17) is 4.74 Å².